The van der Waals surface area contributed by atoms with Crippen molar-refractivity contribution < 1.29 is 0 Å². The lowest BCUT2D eigenvalue weighted by atomic mass is 10.1. The van der Waals surface area contributed by atoms with Crippen LogP contribution in [0.5, 0.6) is 0 Å². The lowest BCUT2D eigenvalue weighted by Crippen LogP contribution is -2.15. The van der Waals surface area contributed by atoms with Gasteiger partial charge in [-0.25, -0.2) is 4.98 Å². The minimum Gasteiger partial charge on any atom is -0.317 e. The summed E-state index contributed by atoms with van der Waals surface area (Å²) < 4.78 is 0. The van der Waals surface area contributed by atoms with Gasteiger partial charge in [0, 0.05) is 35.2 Å². The van der Waals surface area contributed by atoms with Crippen LogP contribution < -0.4 is 9.80 Å². The topological polar surface area (TPSA) is 58.0 Å². The molecule has 0 amide bonds. The summed E-state index contributed by atoms with van der Waals surface area (Å²) in [5, 5.41) is 8.72. The predicted octanol–water partition coefficient (Wildman–Crippen LogP) is 6.23. The average molecular weight is 467 g/mol. The fraction of sp³-hybridized carbons (Fsp3) is 0. The van der Waals surface area contributed by atoms with Crippen LogP contribution in [0.3, 0.4) is 0 Å². The molecular formula is C30H22N6. The van der Waals surface area contributed by atoms with E-state index < -0.39 is 0 Å². The van der Waals surface area contributed by atoms with Crippen LogP contribution in [0.4, 0.5) is 11.4 Å². The number of allylic oxidation sites excluding steroid dienone is 6. The Morgan fingerprint density at radius 3 is 1.83 bits per heavy atom. The third-order valence-corrected chi connectivity index (χ3v) is 5.84. The van der Waals surface area contributed by atoms with E-state index in [-0.39, 0.29) is 0 Å². The van der Waals surface area contributed by atoms with Gasteiger partial charge < -0.3 is 9.80 Å². The molecule has 0 saturated heterocycles. The molecule has 4 heterocycles. The number of nitrogens with zero attached hydrogens (tertiary/aromatic N) is 6. The monoisotopic (exact) mass is 466 g/mol. The normalized spacial score (nSPS) is 17.0. The van der Waals surface area contributed by atoms with Gasteiger partial charge in [-0.3, -0.25) is 4.98 Å². The van der Waals surface area contributed by atoms with E-state index in [1.807, 2.05) is 91.3 Å². The Hall–Kier alpha value is -5.10. The Labute approximate surface area is 209 Å². The molecule has 0 atom stereocenters. The van der Waals surface area contributed by atoms with Gasteiger partial charge in [0.05, 0.1) is 18.1 Å². The highest BCUT2D eigenvalue weighted by molar-refractivity contribution is 5.74. The van der Waals surface area contributed by atoms with Crippen molar-refractivity contribution in [2.45, 2.75) is 0 Å². The zero-order chi connectivity index (χ0) is 24.2. The number of benzene rings is 2. The van der Waals surface area contributed by atoms with E-state index in [4.69, 9.17) is 4.98 Å². The number of aromatic nitrogens is 4. The number of hydrogen-bond acceptors (Lipinski definition) is 6. The first-order valence-corrected chi connectivity index (χ1v) is 11.7. The van der Waals surface area contributed by atoms with Gasteiger partial charge in [0.1, 0.15) is 17.1 Å². The lowest BCUT2D eigenvalue weighted by Gasteiger charge is -2.23. The van der Waals surface area contributed by atoms with Gasteiger partial charge in [-0.05, 0) is 60.7 Å². The van der Waals surface area contributed by atoms with Crippen molar-refractivity contribution in [3.05, 3.63) is 145 Å². The number of rotatable bonds is 4. The third-order valence-electron chi connectivity index (χ3n) is 5.84. The molecule has 2 aromatic rings. The molecule has 36 heavy (non-hydrogen) atoms. The van der Waals surface area contributed by atoms with Gasteiger partial charge in [-0.1, -0.05) is 48.6 Å². The van der Waals surface area contributed by atoms with Crippen molar-refractivity contribution in [3.63, 3.8) is 0 Å². The molecule has 6 rings (SSSR count). The standard InChI is InChI=1S/C30H22N6/c1-3-11-24(12-4-1)35-17-9-7-15-26(35)19-23-21-32-30-28(33-34-29(30)22-31-23)20-27-16-8-10-18-36(27)25-13-5-2-6-14-25/h1-22H/b26-19+,27-20+. The smallest absolute Gasteiger partial charge is 0.132 e. The molecule has 4 aliphatic heterocycles. The van der Waals surface area contributed by atoms with Crippen LogP contribution in [0, 0.1) is 0 Å². The molecule has 0 bridgehead atoms. The maximum Gasteiger partial charge on any atom is 0.132 e. The zero-order valence-corrected chi connectivity index (χ0v) is 19.4. The molecule has 0 fully saturated rings. The van der Waals surface area contributed by atoms with Gasteiger partial charge >= 0.3 is 0 Å². The summed E-state index contributed by atoms with van der Waals surface area (Å²) in [5.74, 6) is 0. The Bertz CT molecular complexity index is 1530. The molecule has 0 aromatic heterocycles. The first kappa shape index (κ1) is 21.4. The Kier molecular flexibility index (Phi) is 5.74. The molecule has 6 nitrogen and oxygen atoms in total. The van der Waals surface area contributed by atoms with Gasteiger partial charge in [-0.2, -0.15) is 0 Å². The average Bonchev–Trinajstić information content (AvgIpc) is 3.21. The van der Waals surface area contributed by atoms with E-state index in [0.29, 0.717) is 17.1 Å². The van der Waals surface area contributed by atoms with E-state index in [9.17, 15) is 0 Å². The first-order chi connectivity index (χ1) is 17.8. The largest absolute Gasteiger partial charge is 0.317 e. The first-order valence-electron chi connectivity index (χ1n) is 11.7. The van der Waals surface area contributed by atoms with Crippen LogP contribution in [0.25, 0.3) is 23.5 Å². The highest BCUT2D eigenvalue weighted by Gasteiger charge is 2.17. The maximum atomic E-state index is 4.73. The summed E-state index contributed by atoms with van der Waals surface area (Å²) >= 11 is 0. The molecule has 0 saturated carbocycles. The second-order valence-electron chi connectivity index (χ2n) is 8.21. The fourth-order valence-corrected chi connectivity index (χ4v) is 4.11. The minimum absolute atomic E-state index is 0.645. The van der Waals surface area contributed by atoms with E-state index in [1.165, 1.54) is 0 Å². The molecule has 0 spiro atoms. The highest BCUT2D eigenvalue weighted by atomic mass is 15.2. The number of anilines is 2. The summed E-state index contributed by atoms with van der Waals surface area (Å²) in [7, 11) is 0. The van der Waals surface area contributed by atoms with Gasteiger partial charge in [0.25, 0.3) is 0 Å². The Balaban J connectivity index is 1.34. The quantitative estimate of drug-likeness (QED) is 0.355. The summed E-state index contributed by atoms with van der Waals surface area (Å²) in [4.78, 5) is 13.6. The van der Waals surface area contributed by atoms with E-state index in [0.717, 1.165) is 28.5 Å². The van der Waals surface area contributed by atoms with Crippen molar-refractivity contribution in [3.8, 4) is 11.4 Å². The summed E-state index contributed by atoms with van der Waals surface area (Å²) in [6, 6.07) is 20.4. The second kappa shape index (κ2) is 9.64. The molecular weight excluding hydrogens is 444 g/mol. The van der Waals surface area contributed by atoms with Crippen molar-refractivity contribution in [2.75, 3.05) is 9.80 Å². The zero-order valence-electron chi connectivity index (χ0n) is 19.4. The molecule has 2 aromatic carbocycles. The highest BCUT2D eigenvalue weighted by Crippen LogP contribution is 2.28. The number of fused-ring (bicyclic) bond motifs is 1. The Morgan fingerprint density at radius 1 is 0.583 bits per heavy atom. The second-order valence-corrected chi connectivity index (χ2v) is 8.21. The molecule has 4 aliphatic rings. The molecule has 0 aliphatic carbocycles. The van der Waals surface area contributed by atoms with E-state index >= 15 is 0 Å². The van der Waals surface area contributed by atoms with Crippen LogP contribution in [-0.4, -0.2) is 20.2 Å². The molecule has 6 heteroatoms. The fourth-order valence-electron chi connectivity index (χ4n) is 4.11. The van der Waals surface area contributed by atoms with Crippen LogP contribution in [0.1, 0.15) is 11.4 Å². The van der Waals surface area contributed by atoms with Crippen LogP contribution in [0.2, 0.25) is 0 Å². The Morgan fingerprint density at radius 2 is 1.19 bits per heavy atom. The third kappa shape index (κ3) is 4.35. The predicted molar refractivity (Wildman–Crippen MR) is 145 cm³/mol. The van der Waals surface area contributed by atoms with Crippen molar-refractivity contribution in [2.24, 2.45) is 0 Å². The number of para-hydroxylation sites is 2. The molecule has 0 radical (unpaired) electrons. The van der Waals surface area contributed by atoms with Crippen LogP contribution >= 0.6 is 0 Å². The van der Waals surface area contributed by atoms with Gasteiger partial charge in [0.15, 0.2) is 0 Å². The number of hydrogen-bond donors (Lipinski definition) is 0. The van der Waals surface area contributed by atoms with Crippen molar-refractivity contribution in [1.29, 1.82) is 0 Å². The summed E-state index contributed by atoms with van der Waals surface area (Å²) in [6.45, 7) is 0. The summed E-state index contributed by atoms with van der Waals surface area (Å²) in [6.07, 6.45) is 23.7. The van der Waals surface area contributed by atoms with Crippen molar-refractivity contribution >= 4 is 23.5 Å². The molecule has 0 unspecified atom stereocenters. The van der Waals surface area contributed by atoms with Crippen LogP contribution in [0.15, 0.2) is 133 Å². The van der Waals surface area contributed by atoms with Crippen LogP contribution in [-0.2, 0) is 0 Å². The van der Waals surface area contributed by atoms with E-state index in [1.54, 1.807) is 12.4 Å². The van der Waals surface area contributed by atoms with E-state index in [2.05, 4.69) is 55.3 Å². The molecule has 172 valence electrons. The lowest BCUT2D eigenvalue weighted by molar-refractivity contribution is 1.08. The van der Waals surface area contributed by atoms with Gasteiger partial charge in [-0.15, -0.1) is 10.2 Å². The SMILES string of the molecule is C1=C/C(=C\c2cnc3c(/C=C4\C=CC=CN4c4ccccc4)nnc-3cn2)N(c2ccccc2)C=C1. The van der Waals surface area contributed by atoms with Crippen molar-refractivity contribution in [1.82, 2.24) is 20.2 Å². The molecule has 0 N–H and O–H groups in total. The maximum absolute atomic E-state index is 4.73. The minimum atomic E-state index is 0.645. The summed E-state index contributed by atoms with van der Waals surface area (Å²) in [5.41, 5.74) is 6.90. The van der Waals surface area contributed by atoms with Gasteiger partial charge in [0.2, 0.25) is 0 Å².